The molecule has 1 aromatic carbocycles. The standard InChI is InChI=1S/C15H12ClN3/c1-17-11-3-4-13(16)12(8-11)15-5-2-10-9-18-7-6-14(10)19-15/h2-9,17H,1H3. The first-order chi connectivity index (χ1) is 9.28. The van der Waals surface area contributed by atoms with Gasteiger partial charge in [0.1, 0.15) is 0 Å². The maximum absolute atomic E-state index is 6.26. The molecular weight excluding hydrogens is 258 g/mol. The van der Waals surface area contributed by atoms with Gasteiger partial charge in [0, 0.05) is 36.1 Å². The van der Waals surface area contributed by atoms with Crippen molar-refractivity contribution in [3.05, 3.63) is 53.8 Å². The Morgan fingerprint density at radius 2 is 2.00 bits per heavy atom. The van der Waals surface area contributed by atoms with Crippen LogP contribution in [-0.4, -0.2) is 17.0 Å². The smallest absolute Gasteiger partial charge is 0.0740 e. The summed E-state index contributed by atoms with van der Waals surface area (Å²) in [4.78, 5) is 8.71. The molecule has 0 aliphatic carbocycles. The SMILES string of the molecule is CNc1ccc(Cl)c(-c2ccc3cnccc3n2)c1. The van der Waals surface area contributed by atoms with Gasteiger partial charge < -0.3 is 5.32 Å². The first-order valence-corrected chi connectivity index (χ1v) is 6.34. The summed E-state index contributed by atoms with van der Waals surface area (Å²) in [5, 5.41) is 4.82. The minimum absolute atomic E-state index is 0.694. The lowest BCUT2D eigenvalue weighted by Crippen LogP contribution is -1.91. The van der Waals surface area contributed by atoms with E-state index in [1.165, 1.54) is 0 Å². The molecule has 3 rings (SSSR count). The molecule has 0 fully saturated rings. The fourth-order valence-corrected chi connectivity index (χ4v) is 2.21. The molecule has 4 heteroatoms. The second-order valence-electron chi connectivity index (χ2n) is 4.21. The fourth-order valence-electron chi connectivity index (χ4n) is 1.99. The molecule has 0 amide bonds. The lowest BCUT2D eigenvalue weighted by atomic mass is 10.1. The highest BCUT2D eigenvalue weighted by atomic mass is 35.5. The fraction of sp³-hybridized carbons (Fsp3) is 0.0667. The minimum atomic E-state index is 0.694. The highest BCUT2D eigenvalue weighted by molar-refractivity contribution is 6.33. The summed E-state index contributed by atoms with van der Waals surface area (Å²) in [5.41, 5.74) is 3.71. The molecule has 19 heavy (non-hydrogen) atoms. The van der Waals surface area contributed by atoms with Gasteiger partial charge in [-0.25, -0.2) is 4.98 Å². The Balaban J connectivity index is 2.18. The van der Waals surface area contributed by atoms with Gasteiger partial charge in [-0.2, -0.15) is 0 Å². The van der Waals surface area contributed by atoms with Crippen LogP contribution in [0.25, 0.3) is 22.2 Å². The Bertz CT molecular complexity index is 740. The molecule has 0 saturated heterocycles. The number of nitrogens with zero attached hydrogens (tertiary/aromatic N) is 2. The third kappa shape index (κ3) is 2.25. The quantitative estimate of drug-likeness (QED) is 0.764. The van der Waals surface area contributed by atoms with Crippen LogP contribution in [0.15, 0.2) is 48.8 Å². The first-order valence-electron chi connectivity index (χ1n) is 5.96. The maximum Gasteiger partial charge on any atom is 0.0740 e. The third-order valence-electron chi connectivity index (χ3n) is 3.02. The van der Waals surface area contributed by atoms with Crippen LogP contribution < -0.4 is 5.32 Å². The van der Waals surface area contributed by atoms with Gasteiger partial charge in [-0.3, -0.25) is 4.98 Å². The number of anilines is 1. The van der Waals surface area contributed by atoms with E-state index in [0.29, 0.717) is 5.02 Å². The van der Waals surface area contributed by atoms with Crippen molar-refractivity contribution in [1.82, 2.24) is 9.97 Å². The average Bonchev–Trinajstić information content (AvgIpc) is 2.47. The van der Waals surface area contributed by atoms with E-state index in [0.717, 1.165) is 27.8 Å². The monoisotopic (exact) mass is 269 g/mol. The van der Waals surface area contributed by atoms with Crippen molar-refractivity contribution in [1.29, 1.82) is 0 Å². The molecule has 0 bridgehead atoms. The first kappa shape index (κ1) is 11.9. The van der Waals surface area contributed by atoms with Crippen molar-refractivity contribution in [3.63, 3.8) is 0 Å². The average molecular weight is 270 g/mol. The molecule has 0 aliphatic rings. The van der Waals surface area contributed by atoms with Crippen LogP contribution in [-0.2, 0) is 0 Å². The second-order valence-corrected chi connectivity index (χ2v) is 4.62. The Morgan fingerprint density at radius 3 is 2.84 bits per heavy atom. The van der Waals surface area contributed by atoms with Crippen molar-refractivity contribution in [2.24, 2.45) is 0 Å². The number of benzene rings is 1. The lowest BCUT2D eigenvalue weighted by molar-refractivity contribution is 1.32. The molecule has 2 aromatic heterocycles. The Morgan fingerprint density at radius 1 is 1.11 bits per heavy atom. The molecule has 2 heterocycles. The molecule has 3 nitrogen and oxygen atoms in total. The van der Waals surface area contributed by atoms with E-state index in [-0.39, 0.29) is 0 Å². The zero-order valence-corrected chi connectivity index (χ0v) is 11.1. The number of aromatic nitrogens is 2. The van der Waals surface area contributed by atoms with Crippen molar-refractivity contribution >= 4 is 28.2 Å². The number of pyridine rings is 2. The summed E-state index contributed by atoms with van der Waals surface area (Å²) in [5.74, 6) is 0. The van der Waals surface area contributed by atoms with E-state index in [9.17, 15) is 0 Å². The molecule has 0 radical (unpaired) electrons. The van der Waals surface area contributed by atoms with E-state index in [1.54, 1.807) is 12.4 Å². The molecule has 0 spiro atoms. The van der Waals surface area contributed by atoms with E-state index >= 15 is 0 Å². The van der Waals surface area contributed by atoms with E-state index in [1.807, 2.05) is 43.4 Å². The number of hydrogen-bond donors (Lipinski definition) is 1. The number of hydrogen-bond acceptors (Lipinski definition) is 3. The molecule has 3 aromatic rings. The van der Waals surface area contributed by atoms with Gasteiger partial charge >= 0.3 is 0 Å². The van der Waals surface area contributed by atoms with Gasteiger partial charge in [0.05, 0.1) is 16.2 Å². The number of rotatable bonds is 2. The molecular formula is C15H12ClN3. The minimum Gasteiger partial charge on any atom is -0.388 e. The summed E-state index contributed by atoms with van der Waals surface area (Å²) in [6, 6.07) is 11.7. The molecule has 0 saturated carbocycles. The largest absolute Gasteiger partial charge is 0.388 e. The maximum atomic E-state index is 6.26. The summed E-state index contributed by atoms with van der Waals surface area (Å²) in [6.07, 6.45) is 3.54. The normalized spacial score (nSPS) is 10.6. The van der Waals surface area contributed by atoms with Crippen LogP contribution in [0, 0.1) is 0 Å². The lowest BCUT2D eigenvalue weighted by Gasteiger charge is -2.08. The van der Waals surface area contributed by atoms with Crippen molar-refractivity contribution in [3.8, 4) is 11.3 Å². The number of nitrogens with one attached hydrogen (secondary N) is 1. The predicted octanol–water partition coefficient (Wildman–Crippen LogP) is 3.99. The summed E-state index contributed by atoms with van der Waals surface area (Å²) < 4.78 is 0. The van der Waals surface area contributed by atoms with E-state index < -0.39 is 0 Å². The second kappa shape index (κ2) is 4.86. The van der Waals surface area contributed by atoms with Gasteiger partial charge in [-0.1, -0.05) is 11.6 Å². The van der Waals surface area contributed by atoms with Gasteiger partial charge in [-0.05, 0) is 36.4 Å². The van der Waals surface area contributed by atoms with Gasteiger partial charge in [0.2, 0.25) is 0 Å². The molecule has 0 aliphatic heterocycles. The van der Waals surface area contributed by atoms with Gasteiger partial charge in [-0.15, -0.1) is 0 Å². The van der Waals surface area contributed by atoms with Crippen LogP contribution in [0.2, 0.25) is 5.02 Å². The highest BCUT2D eigenvalue weighted by Gasteiger charge is 2.07. The highest BCUT2D eigenvalue weighted by Crippen LogP contribution is 2.30. The van der Waals surface area contributed by atoms with Gasteiger partial charge in [0.15, 0.2) is 0 Å². The predicted molar refractivity (Wildman–Crippen MR) is 79.5 cm³/mol. The Hall–Kier alpha value is -2.13. The van der Waals surface area contributed by atoms with Crippen molar-refractivity contribution in [2.75, 3.05) is 12.4 Å². The van der Waals surface area contributed by atoms with Crippen LogP contribution in [0.4, 0.5) is 5.69 Å². The Labute approximate surface area is 116 Å². The molecule has 1 N–H and O–H groups in total. The zero-order valence-electron chi connectivity index (χ0n) is 10.4. The zero-order chi connectivity index (χ0) is 13.2. The summed E-state index contributed by atoms with van der Waals surface area (Å²) >= 11 is 6.26. The summed E-state index contributed by atoms with van der Waals surface area (Å²) in [7, 11) is 1.88. The molecule has 94 valence electrons. The van der Waals surface area contributed by atoms with Crippen LogP contribution in [0.3, 0.4) is 0 Å². The van der Waals surface area contributed by atoms with E-state index in [2.05, 4.69) is 15.3 Å². The van der Waals surface area contributed by atoms with Crippen molar-refractivity contribution in [2.45, 2.75) is 0 Å². The summed E-state index contributed by atoms with van der Waals surface area (Å²) in [6.45, 7) is 0. The van der Waals surface area contributed by atoms with Crippen molar-refractivity contribution < 1.29 is 0 Å². The molecule has 0 atom stereocenters. The van der Waals surface area contributed by atoms with Crippen LogP contribution >= 0.6 is 11.6 Å². The molecule has 0 unspecified atom stereocenters. The number of halogens is 1. The van der Waals surface area contributed by atoms with Crippen LogP contribution in [0.5, 0.6) is 0 Å². The topological polar surface area (TPSA) is 37.8 Å². The Kier molecular flexibility index (Phi) is 3.05. The van der Waals surface area contributed by atoms with Crippen LogP contribution in [0.1, 0.15) is 0 Å². The van der Waals surface area contributed by atoms with Gasteiger partial charge in [0.25, 0.3) is 0 Å². The van der Waals surface area contributed by atoms with E-state index in [4.69, 9.17) is 11.6 Å². The third-order valence-corrected chi connectivity index (χ3v) is 3.35. The number of fused-ring (bicyclic) bond motifs is 1.